The van der Waals surface area contributed by atoms with Gasteiger partial charge in [0.15, 0.2) is 0 Å². The lowest BCUT2D eigenvalue weighted by atomic mass is 9.97. The van der Waals surface area contributed by atoms with Crippen LogP contribution in [-0.4, -0.2) is 36.3 Å². The summed E-state index contributed by atoms with van der Waals surface area (Å²) < 4.78 is 0. The van der Waals surface area contributed by atoms with Gasteiger partial charge in [-0.25, -0.2) is 0 Å². The van der Waals surface area contributed by atoms with Crippen LogP contribution in [-0.2, 0) is 9.59 Å². The molecule has 6 heteroatoms. The number of carbonyl (C=O) groups is 2. The Hall–Kier alpha value is -1.59. The van der Waals surface area contributed by atoms with E-state index in [1.807, 2.05) is 36.1 Å². The van der Waals surface area contributed by atoms with Crippen LogP contribution in [0.5, 0.6) is 0 Å². The molecule has 2 rings (SSSR count). The molecular formula is C16H22ClN3O2. The van der Waals surface area contributed by atoms with Crippen LogP contribution in [0.2, 0.25) is 5.02 Å². The zero-order valence-electron chi connectivity index (χ0n) is 12.7. The first kappa shape index (κ1) is 16.8. The lowest BCUT2D eigenvalue weighted by Gasteiger charge is -2.30. The molecule has 0 aliphatic carbocycles. The number of nitrogens with one attached hydrogen (secondary N) is 1. The zero-order valence-corrected chi connectivity index (χ0v) is 13.5. The number of likely N-dealkylation sites (tertiary alicyclic amines) is 1. The van der Waals surface area contributed by atoms with Crippen LogP contribution in [0, 0.1) is 5.92 Å². The van der Waals surface area contributed by atoms with Gasteiger partial charge in [-0.3, -0.25) is 14.5 Å². The van der Waals surface area contributed by atoms with E-state index < -0.39 is 0 Å². The van der Waals surface area contributed by atoms with Crippen molar-refractivity contribution in [3.63, 3.8) is 0 Å². The van der Waals surface area contributed by atoms with Crippen molar-refractivity contribution < 1.29 is 9.59 Å². The lowest BCUT2D eigenvalue weighted by Crippen LogP contribution is -2.45. The molecule has 120 valence electrons. The summed E-state index contributed by atoms with van der Waals surface area (Å²) in [5.41, 5.74) is 6.25. The van der Waals surface area contributed by atoms with Gasteiger partial charge in [-0.1, -0.05) is 29.8 Å². The third-order valence-electron chi connectivity index (χ3n) is 4.02. The quantitative estimate of drug-likeness (QED) is 0.866. The van der Waals surface area contributed by atoms with Crippen molar-refractivity contribution in [2.75, 3.05) is 19.6 Å². The minimum absolute atomic E-state index is 0.0717. The Labute approximate surface area is 135 Å². The van der Waals surface area contributed by atoms with E-state index in [1.54, 1.807) is 0 Å². The molecule has 0 spiro atoms. The van der Waals surface area contributed by atoms with Crippen molar-refractivity contribution in [1.29, 1.82) is 0 Å². The summed E-state index contributed by atoms with van der Waals surface area (Å²) in [4.78, 5) is 25.4. The molecule has 0 aromatic heterocycles. The molecule has 1 aromatic rings. The first-order chi connectivity index (χ1) is 10.5. The van der Waals surface area contributed by atoms with Crippen molar-refractivity contribution in [3.8, 4) is 0 Å². The van der Waals surface area contributed by atoms with E-state index >= 15 is 0 Å². The molecule has 2 amide bonds. The summed E-state index contributed by atoms with van der Waals surface area (Å²) in [5, 5.41) is 3.59. The number of amides is 2. The Morgan fingerprint density at radius 2 is 2.18 bits per heavy atom. The van der Waals surface area contributed by atoms with Crippen LogP contribution in [0.15, 0.2) is 24.3 Å². The Kier molecular flexibility index (Phi) is 5.80. The number of primary amides is 1. The maximum absolute atomic E-state index is 12.2. The molecule has 1 heterocycles. The van der Waals surface area contributed by atoms with Gasteiger partial charge in [0.25, 0.3) is 0 Å². The number of carbonyl (C=O) groups excluding carboxylic acids is 2. The number of rotatable bonds is 5. The van der Waals surface area contributed by atoms with Crippen LogP contribution in [0.25, 0.3) is 0 Å². The first-order valence-corrected chi connectivity index (χ1v) is 7.90. The van der Waals surface area contributed by atoms with Crippen molar-refractivity contribution in [2.45, 2.75) is 25.8 Å². The zero-order chi connectivity index (χ0) is 16.1. The highest BCUT2D eigenvalue weighted by molar-refractivity contribution is 6.31. The molecule has 2 atom stereocenters. The fourth-order valence-corrected chi connectivity index (χ4v) is 3.13. The highest BCUT2D eigenvalue weighted by Gasteiger charge is 2.25. The van der Waals surface area contributed by atoms with Gasteiger partial charge in [0.1, 0.15) is 0 Å². The standard InChI is InChI=1S/C16H22ClN3O2/c1-11(13-6-2-3-7-14(13)17)19-15(21)10-20-8-4-5-12(9-20)16(18)22/h2-3,6-7,11-12H,4-5,8-10H2,1H3,(H2,18,22)(H,19,21)/t11-,12+/m1/s1. The van der Waals surface area contributed by atoms with Crippen LogP contribution < -0.4 is 11.1 Å². The summed E-state index contributed by atoms with van der Waals surface area (Å²) in [6.07, 6.45) is 1.70. The fraction of sp³-hybridized carbons (Fsp3) is 0.500. The number of hydrogen-bond donors (Lipinski definition) is 2. The fourth-order valence-electron chi connectivity index (χ4n) is 2.83. The molecule has 3 N–H and O–H groups in total. The highest BCUT2D eigenvalue weighted by Crippen LogP contribution is 2.22. The molecule has 1 aliphatic rings. The van der Waals surface area contributed by atoms with Crippen LogP contribution in [0.1, 0.15) is 31.4 Å². The van der Waals surface area contributed by atoms with Gasteiger partial charge in [0.2, 0.25) is 11.8 Å². The van der Waals surface area contributed by atoms with E-state index in [4.69, 9.17) is 17.3 Å². The molecule has 1 aromatic carbocycles. The lowest BCUT2D eigenvalue weighted by molar-refractivity contribution is -0.127. The summed E-state index contributed by atoms with van der Waals surface area (Å²) in [6.45, 7) is 3.56. The maximum atomic E-state index is 12.2. The van der Waals surface area contributed by atoms with Crippen molar-refractivity contribution in [1.82, 2.24) is 10.2 Å². The maximum Gasteiger partial charge on any atom is 0.234 e. The number of piperidine rings is 1. The number of hydrogen-bond acceptors (Lipinski definition) is 3. The summed E-state index contributed by atoms with van der Waals surface area (Å²) >= 11 is 6.14. The first-order valence-electron chi connectivity index (χ1n) is 7.53. The second-order valence-corrected chi connectivity index (χ2v) is 6.19. The van der Waals surface area contributed by atoms with Crippen LogP contribution >= 0.6 is 11.6 Å². The molecule has 0 unspecified atom stereocenters. The predicted octanol–water partition coefficient (Wildman–Crippen LogP) is 1.71. The van der Waals surface area contributed by atoms with Crippen molar-refractivity contribution >= 4 is 23.4 Å². The predicted molar refractivity (Wildman–Crippen MR) is 86.4 cm³/mol. The molecule has 0 bridgehead atoms. The molecule has 1 fully saturated rings. The third-order valence-corrected chi connectivity index (χ3v) is 4.37. The van der Waals surface area contributed by atoms with Gasteiger partial charge in [-0.05, 0) is 37.9 Å². The normalized spacial score (nSPS) is 20.4. The Morgan fingerprint density at radius 1 is 1.45 bits per heavy atom. The van der Waals surface area contributed by atoms with E-state index in [0.29, 0.717) is 11.6 Å². The highest BCUT2D eigenvalue weighted by atomic mass is 35.5. The molecule has 1 saturated heterocycles. The van der Waals surface area contributed by atoms with Gasteiger partial charge in [-0.15, -0.1) is 0 Å². The number of nitrogens with two attached hydrogens (primary N) is 1. The molecule has 22 heavy (non-hydrogen) atoms. The molecule has 1 aliphatic heterocycles. The molecular weight excluding hydrogens is 302 g/mol. The summed E-state index contributed by atoms with van der Waals surface area (Å²) in [6, 6.07) is 7.31. The Balaban J connectivity index is 1.87. The van der Waals surface area contributed by atoms with E-state index in [1.165, 1.54) is 0 Å². The topological polar surface area (TPSA) is 75.4 Å². The second kappa shape index (κ2) is 7.61. The monoisotopic (exact) mass is 323 g/mol. The minimum Gasteiger partial charge on any atom is -0.369 e. The minimum atomic E-state index is -0.283. The van der Waals surface area contributed by atoms with Gasteiger partial charge < -0.3 is 11.1 Å². The molecule has 0 radical (unpaired) electrons. The average Bonchev–Trinajstić information content (AvgIpc) is 2.47. The number of nitrogens with zero attached hydrogens (tertiary/aromatic N) is 1. The second-order valence-electron chi connectivity index (χ2n) is 5.79. The largest absolute Gasteiger partial charge is 0.369 e. The summed E-state index contributed by atoms with van der Waals surface area (Å²) in [5.74, 6) is -0.505. The van der Waals surface area contributed by atoms with Crippen molar-refractivity contribution in [3.05, 3.63) is 34.9 Å². The van der Waals surface area contributed by atoms with Crippen LogP contribution in [0.3, 0.4) is 0 Å². The van der Waals surface area contributed by atoms with E-state index in [9.17, 15) is 9.59 Å². The van der Waals surface area contributed by atoms with Crippen molar-refractivity contribution in [2.24, 2.45) is 11.7 Å². The van der Waals surface area contributed by atoms with Gasteiger partial charge in [-0.2, -0.15) is 0 Å². The van der Waals surface area contributed by atoms with E-state index in [-0.39, 0.29) is 30.3 Å². The number of halogens is 1. The smallest absolute Gasteiger partial charge is 0.234 e. The van der Waals surface area contributed by atoms with E-state index in [0.717, 1.165) is 24.9 Å². The van der Waals surface area contributed by atoms with Gasteiger partial charge in [0.05, 0.1) is 18.5 Å². The Bertz CT molecular complexity index is 550. The summed E-state index contributed by atoms with van der Waals surface area (Å²) in [7, 11) is 0. The number of benzene rings is 1. The SMILES string of the molecule is C[C@@H](NC(=O)CN1CCC[C@H](C(N)=O)C1)c1ccccc1Cl. The van der Waals surface area contributed by atoms with Crippen LogP contribution in [0.4, 0.5) is 0 Å². The van der Waals surface area contributed by atoms with E-state index in [2.05, 4.69) is 5.32 Å². The molecule has 0 saturated carbocycles. The average molecular weight is 324 g/mol. The Morgan fingerprint density at radius 3 is 2.86 bits per heavy atom. The van der Waals surface area contributed by atoms with Gasteiger partial charge in [0, 0.05) is 11.6 Å². The van der Waals surface area contributed by atoms with Gasteiger partial charge >= 0.3 is 0 Å². The third kappa shape index (κ3) is 4.45. The molecule has 5 nitrogen and oxygen atoms in total.